The maximum Gasteiger partial charge on any atom is 0.225 e. The molecule has 3 rings (SSSR count). The summed E-state index contributed by atoms with van der Waals surface area (Å²) < 4.78 is 0. The van der Waals surface area contributed by atoms with Crippen molar-refractivity contribution < 1.29 is 0 Å². The molecule has 3 aromatic heterocycles. The quantitative estimate of drug-likeness (QED) is 0.681. The molecule has 7 heteroatoms. The molecule has 20 heavy (non-hydrogen) atoms. The van der Waals surface area contributed by atoms with Crippen LogP contribution in [0.4, 0.5) is 5.82 Å². The Labute approximate surface area is 130 Å². The smallest absolute Gasteiger partial charge is 0.225 e. The van der Waals surface area contributed by atoms with E-state index >= 15 is 0 Å². The van der Waals surface area contributed by atoms with Gasteiger partial charge in [-0.25, -0.2) is 9.97 Å². The first-order valence-corrected chi connectivity index (χ1v) is 8.16. The Hall–Kier alpha value is -1.24. The Kier molecular flexibility index (Phi) is 3.62. The molecule has 0 aliphatic carbocycles. The summed E-state index contributed by atoms with van der Waals surface area (Å²) in [6, 6.07) is 2.11. The van der Waals surface area contributed by atoms with Gasteiger partial charge in [0.15, 0.2) is 0 Å². The van der Waals surface area contributed by atoms with Crippen molar-refractivity contribution in [1.82, 2.24) is 15.0 Å². The summed E-state index contributed by atoms with van der Waals surface area (Å²) in [7, 11) is 2.00. The second kappa shape index (κ2) is 5.27. The van der Waals surface area contributed by atoms with Gasteiger partial charge in [-0.1, -0.05) is 0 Å². The number of hydrogen-bond donors (Lipinski definition) is 0. The third-order valence-corrected chi connectivity index (χ3v) is 4.83. The molecule has 0 aromatic carbocycles. The lowest BCUT2D eigenvalue weighted by Crippen LogP contribution is -2.18. The highest BCUT2D eigenvalue weighted by atomic mass is 35.5. The van der Waals surface area contributed by atoms with Crippen molar-refractivity contribution in [2.24, 2.45) is 0 Å². The number of anilines is 1. The summed E-state index contributed by atoms with van der Waals surface area (Å²) in [4.78, 5) is 17.4. The van der Waals surface area contributed by atoms with Crippen molar-refractivity contribution in [3.05, 3.63) is 32.3 Å². The van der Waals surface area contributed by atoms with Crippen LogP contribution in [-0.4, -0.2) is 22.0 Å². The lowest BCUT2D eigenvalue weighted by atomic mass is 10.3. The largest absolute Gasteiger partial charge is 0.353 e. The first-order chi connectivity index (χ1) is 9.52. The van der Waals surface area contributed by atoms with Crippen LogP contribution >= 0.6 is 34.3 Å². The van der Waals surface area contributed by atoms with E-state index in [1.807, 2.05) is 14.0 Å². The molecule has 104 valence electrons. The average molecular weight is 325 g/mol. The van der Waals surface area contributed by atoms with E-state index in [9.17, 15) is 0 Å². The fourth-order valence-corrected chi connectivity index (χ4v) is 3.78. The van der Waals surface area contributed by atoms with Crippen molar-refractivity contribution in [2.75, 3.05) is 11.9 Å². The Morgan fingerprint density at radius 3 is 2.75 bits per heavy atom. The predicted molar refractivity (Wildman–Crippen MR) is 86.1 cm³/mol. The van der Waals surface area contributed by atoms with Crippen LogP contribution in [-0.2, 0) is 6.54 Å². The van der Waals surface area contributed by atoms with Crippen LogP contribution in [0, 0.1) is 13.8 Å². The standard InChI is InChI=1S/C13H13ClN4S2/c1-7-4-10-11(16-13(14)17-12(10)20-7)18(3)5-9-6-19-8(2)15-9/h4,6H,5H2,1-3H3. The lowest BCUT2D eigenvalue weighted by Gasteiger charge is -2.17. The average Bonchev–Trinajstić information content (AvgIpc) is 2.93. The second-order valence-corrected chi connectivity index (χ2v) is 7.24. The fourth-order valence-electron chi connectivity index (χ4n) is 2.09. The molecule has 0 N–H and O–H groups in total. The predicted octanol–water partition coefficient (Wildman–Crippen LogP) is 4.05. The Balaban J connectivity index is 1.99. The van der Waals surface area contributed by atoms with Gasteiger partial charge in [-0.2, -0.15) is 4.98 Å². The lowest BCUT2D eigenvalue weighted by molar-refractivity contribution is 0.873. The molecule has 0 fully saturated rings. The fraction of sp³-hybridized carbons (Fsp3) is 0.308. The molecule has 0 amide bonds. The van der Waals surface area contributed by atoms with Crippen molar-refractivity contribution in [1.29, 1.82) is 0 Å². The van der Waals surface area contributed by atoms with Crippen LogP contribution < -0.4 is 4.90 Å². The summed E-state index contributed by atoms with van der Waals surface area (Å²) in [5, 5.41) is 4.48. The van der Waals surface area contributed by atoms with E-state index in [4.69, 9.17) is 11.6 Å². The van der Waals surface area contributed by atoms with Gasteiger partial charge in [0, 0.05) is 17.3 Å². The molecule has 3 aromatic rings. The van der Waals surface area contributed by atoms with Gasteiger partial charge in [-0.05, 0) is 31.5 Å². The van der Waals surface area contributed by atoms with Crippen LogP contribution in [0.15, 0.2) is 11.4 Å². The van der Waals surface area contributed by atoms with Crippen LogP contribution in [0.1, 0.15) is 15.6 Å². The molecule has 0 atom stereocenters. The van der Waals surface area contributed by atoms with E-state index in [1.54, 1.807) is 22.7 Å². The van der Waals surface area contributed by atoms with Gasteiger partial charge in [-0.3, -0.25) is 0 Å². The van der Waals surface area contributed by atoms with Crippen molar-refractivity contribution in [3.63, 3.8) is 0 Å². The van der Waals surface area contributed by atoms with Crippen molar-refractivity contribution in [2.45, 2.75) is 20.4 Å². The minimum atomic E-state index is 0.288. The van der Waals surface area contributed by atoms with Crippen LogP contribution in [0.2, 0.25) is 5.28 Å². The number of thiazole rings is 1. The summed E-state index contributed by atoms with van der Waals surface area (Å²) in [5.74, 6) is 0.856. The molecule has 0 saturated carbocycles. The number of aryl methyl sites for hydroxylation is 2. The maximum atomic E-state index is 6.03. The molecular weight excluding hydrogens is 312 g/mol. The van der Waals surface area contributed by atoms with E-state index < -0.39 is 0 Å². The zero-order valence-electron chi connectivity index (χ0n) is 11.3. The number of fused-ring (bicyclic) bond motifs is 1. The van der Waals surface area contributed by atoms with E-state index in [0.29, 0.717) is 6.54 Å². The molecule has 0 aliphatic heterocycles. The topological polar surface area (TPSA) is 41.9 Å². The monoisotopic (exact) mass is 324 g/mol. The first kappa shape index (κ1) is 13.7. The highest BCUT2D eigenvalue weighted by Crippen LogP contribution is 2.31. The number of hydrogen-bond acceptors (Lipinski definition) is 6. The molecular formula is C13H13ClN4S2. The van der Waals surface area contributed by atoms with Gasteiger partial charge in [0.25, 0.3) is 0 Å². The van der Waals surface area contributed by atoms with Crippen LogP contribution in [0.5, 0.6) is 0 Å². The minimum Gasteiger partial charge on any atom is -0.353 e. The summed E-state index contributed by atoms with van der Waals surface area (Å²) in [5.41, 5.74) is 1.05. The number of thiophene rings is 1. The highest BCUT2D eigenvalue weighted by Gasteiger charge is 2.14. The molecule has 4 nitrogen and oxygen atoms in total. The molecule has 0 unspecified atom stereocenters. The highest BCUT2D eigenvalue weighted by molar-refractivity contribution is 7.18. The third kappa shape index (κ3) is 2.63. The zero-order chi connectivity index (χ0) is 14.3. The van der Waals surface area contributed by atoms with Gasteiger partial charge >= 0.3 is 0 Å². The van der Waals surface area contributed by atoms with E-state index in [1.165, 1.54) is 4.88 Å². The van der Waals surface area contributed by atoms with Gasteiger partial charge in [-0.15, -0.1) is 22.7 Å². The van der Waals surface area contributed by atoms with Gasteiger partial charge in [0.1, 0.15) is 10.6 Å². The van der Waals surface area contributed by atoms with E-state index in [2.05, 4.69) is 38.2 Å². The summed E-state index contributed by atoms with van der Waals surface area (Å²) in [6.45, 7) is 4.78. The normalized spacial score (nSPS) is 11.2. The number of rotatable bonds is 3. The van der Waals surface area contributed by atoms with Crippen LogP contribution in [0.3, 0.4) is 0 Å². The minimum absolute atomic E-state index is 0.288. The van der Waals surface area contributed by atoms with E-state index in [-0.39, 0.29) is 5.28 Å². The van der Waals surface area contributed by atoms with E-state index in [0.717, 1.165) is 26.7 Å². The molecule has 3 heterocycles. The summed E-state index contributed by atoms with van der Waals surface area (Å²) in [6.07, 6.45) is 0. The van der Waals surface area contributed by atoms with Crippen molar-refractivity contribution in [3.8, 4) is 0 Å². The third-order valence-electron chi connectivity index (χ3n) is 2.90. The summed E-state index contributed by atoms with van der Waals surface area (Å²) >= 11 is 9.32. The maximum absolute atomic E-state index is 6.03. The zero-order valence-corrected chi connectivity index (χ0v) is 13.7. The SMILES string of the molecule is Cc1cc2c(N(C)Cc3csc(C)n3)nc(Cl)nc2s1. The molecule has 0 radical (unpaired) electrons. The van der Waals surface area contributed by atoms with Gasteiger partial charge in [0.05, 0.1) is 22.6 Å². The second-order valence-electron chi connectivity index (χ2n) is 4.61. The number of aromatic nitrogens is 3. The van der Waals surface area contributed by atoms with Crippen molar-refractivity contribution >= 4 is 50.3 Å². The molecule has 0 bridgehead atoms. The Morgan fingerprint density at radius 2 is 2.05 bits per heavy atom. The number of halogens is 1. The molecule has 0 spiro atoms. The molecule has 0 saturated heterocycles. The first-order valence-electron chi connectivity index (χ1n) is 6.09. The Bertz CT molecular complexity index is 765. The number of nitrogens with zero attached hydrogens (tertiary/aromatic N) is 4. The Morgan fingerprint density at radius 1 is 1.25 bits per heavy atom. The van der Waals surface area contributed by atoms with Crippen LogP contribution in [0.25, 0.3) is 10.2 Å². The van der Waals surface area contributed by atoms with Gasteiger partial charge in [0.2, 0.25) is 5.28 Å². The molecule has 0 aliphatic rings. The van der Waals surface area contributed by atoms with Gasteiger partial charge < -0.3 is 4.90 Å².